The Balaban J connectivity index is 1.75. The van der Waals surface area contributed by atoms with Crippen molar-refractivity contribution < 1.29 is 9.15 Å². The summed E-state index contributed by atoms with van der Waals surface area (Å²) in [5.74, 6) is 0. The number of fused-ring (bicyclic) bond motifs is 2. The molecule has 9 heteroatoms. The molecule has 0 fully saturated rings. The lowest BCUT2D eigenvalue weighted by molar-refractivity contribution is 0.188. The van der Waals surface area contributed by atoms with Crippen LogP contribution in [0.4, 0.5) is 0 Å². The van der Waals surface area contributed by atoms with Gasteiger partial charge in [0.15, 0.2) is 11.2 Å². The van der Waals surface area contributed by atoms with Gasteiger partial charge in [0, 0.05) is 25.1 Å². The second-order valence-corrected chi connectivity index (χ2v) is 8.82. The molecule has 9 nitrogen and oxygen atoms in total. The Labute approximate surface area is 205 Å². The van der Waals surface area contributed by atoms with Gasteiger partial charge in [-0.25, -0.2) is 14.6 Å². The predicted molar refractivity (Wildman–Crippen MR) is 137 cm³/mol. The molecule has 0 aliphatic rings. The van der Waals surface area contributed by atoms with Gasteiger partial charge in [-0.1, -0.05) is 42.5 Å². The molecular weight excluding hydrogens is 460 g/mol. The fourth-order valence-corrected chi connectivity index (χ4v) is 4.47. The van der Waals surface area contributed by atoms with Crippen molar-refractivity contribution in [1.29, 1.82) is 0 Å². The van der Waals surface area contributed by atoms with E-state index in [4.69, 9.17) is 9.15 Å². The number of rotatable bonds is 7. The molecule has 0 aliphatic heterocycles. The first-order valence-electron chi connectivity index (χ1n) is 11.6. The van der Waals surface area contributed by atoms with Gasteiger partial charge < -0.3 is 13.7 Å². The first-order valence-corrected chi connectivity index (χ1v) is 11.6. The Bertz CT molecular complexity index is 1760. The van der Waals surface area contributed by atoms with Crippen LogP contribution in [0.25, 0.3) is 22.1 Å². The zero-order chi connectivity index (χ0) is 25.4. The number of imidazole rings is 1. The Kier molecular flexibility index (Phi) is 6.15. The van der Waals surface area contributed by atoms with E-state index in [9.17, 15) is 14.4 Å². The molecule has 0 bridgehead atoms. The maximum Gasteiger partial charge on any atom is 0.336 e. The van der Waals surface area contributed by atoms with E-state index in [2.05, 4.69) is 4.98 Å². The third kappa shape index (κ3) is 4.07. The number of benzene rings is 2. The first kappa shape index (κ1) is 23.5. The van der Waals surface area contributed by atoms with Crippen LogP contribution in [-0.2, 0) is 24.4 Å². The second-order valence-electron chi connectivity index (χ2n) is 8.82. The topological polar surface area (TPSA) is 101 Å². The van der Waals surface area contributed by atoms with E-state index in [1.165, 1.54) is 15.2 Å². The predicted octanol–water partition coefficient (Wildman–Crippen LogP) is 2.83. The largest absolute Gasteiger partial charge is 0.422 e. The number of aromatic nitrogens is 4. The minimum Gasteiger partial charge on any atom is -0.422 e. The van der Waals surface area contributed by atoms with Crippen molar-refractivity contribution >= 4 is 22.1 Å². The molecule has 0 atom stereocenters. The molecule has 5 aromatic rings. The molecule has 3 aromatic heterocycles. The van der Waals surface area contributed by atoms with Gasteiger partial charge in [-0.3, -0.25) is 13.9 Å². The fraction of sp³-hybridized carbons (Fsp3) is 0.259. The van der Waals surface area contributed by atoms with Crippen LogP contribution in [0.1, 0.15) is 22.3 Å². The van der Waals surface area contributed by atoms with E-state index in [1.807, 2.05) is 56.3 Å². The minimum atomic E-state index is -0.532. The lowest BCUT2D eigenvalue weighted by atomic mass is 10.0. The summed E-state index contributed by atoms with van der Waals surface area (Å²) in [6.45, 7) is 4.76. The lowest BCUT2D eigenvalue weighted by Gasteiger charge is -2.14. The van der Waals surface area contributed by atoms with Crippen molar-refractivity contribution in [1.82, 2.24) is 18.7 Å². The van der Waals surface area contributed by atoms with Crippen LogP contribution in [0, 0.1) is 13.8 Å². The van der Waals surface area contributed by atoms with Crippen molar-refractivity contribution in [3.05, 3.63) is 108 Å². The van der Waals surface area contributed by atoms with Crippen molar-refractivity contribution in [3.8, 4) is 0 Å². The monoisotopic (exact) mass is 486 g/mol. The summed E-state index contributed by atoms with van der Waals surface area (Å²) in [4.78, 5) is 44.2. The number of methoxy groups -OCH3 is 1. The Morgan fingerprint density at radius 3 is 2.50 bits per heavy atom. The van der Waals surface area contributed by atoms with E-state index in [0.717, 1.165) is 16.7 Å². The molecule has 0 amide bonds. The van der Waals surface area contributed by atoms with Crippen LogP contribution in [0.5, 0.6) is 0 Å². The van der Waals surface area contributed by atoms with Gasteiger partial charge in [-0.15, -0.1) is 0 Å². The van der Waals surface area contributed by atoms with Crippen LogP contribution in [0.2, 0.25) is 0 Å². The standard InChI is InChI=1S/C27H26N4O5/c1-17-9-10-21-20(13-22(32)36-24(21)18(17)2)15-31-26(33)23-25(28-16-29(23)11-12-35-3)30(27(31)34)14-19-7-5-4-6-8-19/h4-10,13,16H,11-12,14-15H2,1-3H3. The summed E-state index contributed by atoms with van der Waals surface area (Å²) in [6.07, 6.45) is 1.55. The molecule has 0 saturated carbocycles. The minimum absolute atomic E-state index is 0.0809. The summed E-state index contributed by atoms with van der Waals surface area (Å²) in [7, 11) is 1.58. The maximum absolute atomic E-state index is 13.7. The van der Waals surface area contributed by atoms with Crippen LogP contribution in [-0.4, -0.2) is 32.4 Å². The molecule has 184 valence electrons. The second kappa shape index (κ2) is 9.43. The maximum atomic E-state index is 13.7. The van der Waals surface area contributed by atoms with Gasteiger partial charge in [0.1, 0.15) is 5.58 Å². The van der Waals surface area contributed by atoms with Crippen LogP contribution >= 0.6 is 0 Å². The Morgan fingerprint density at radius 1 is 0.972 bits per heavy atom. The summed E-state index contributed by atoms with van der Waals surface area (Å²) in [5, 5.41) is 0.687. The first-order chi connectivity index (χ1) is 17.4. The van der Waals surface area contributed by atoms with Crippen molar-refractivity contribution in [3.63, 3.8) is 0 Å². The molecule has 36 heavy (non-hydrogen) atoms. The van der Waals surface area contributed by atoms with E-state index >= 15 is 0 Å². The highest BCUT2D eigenvalue weighted by atomic mass is 16.5. The summed E-state index contributed by atoms with van der Waals surface area (Å²) >= 11 is 0. The number of nitrogens with zero attached hydrogens (tertiary/aromatic N) is 4. The number of hydrogen-bond donors (Lipinski definition) is 0. The van der Waals surface area contributed by atoms with E-state index in [0.29, 0.717) is 40.8 Å². The molecule has 0 aliphatic carbocycles. The highest BCUT2D eigenvalue weighted by molar-refractivity contribution is 5.84. The zero-order valence-corrected chi connectivity index (χ0v) is 20.4. The van der Waals surface area contributed by atoms with Gasteiger partial charge in [0.2, 0.25) is 0 Å². The normalized spacial score (nSPS) is 11.5. The molecule has 2 aromatic carbocycles. The Morgan fingerprint density at radius 2 is 1.75 bits per heavy atom. The number of aryl methyl sites for hydroxylation is 2. The third-order valence-electron chi connectivity index (χ3n) is 6.55. The molecule has 0 saturated heterocycles. The summed E-state index contributed by atoms with van der Waals surface area (Å²) in [5.41, 5.74) is 2.83. The molecule has 3 heterocycles. The number of ether oxygens (including phenoxy) is 1. The van der Waals surface area contributed by atoms with Gasteiger partial charge in [0.05, 0.1) is 26.0 Å². The average molecular weight is 487 g/mol. The highest BCUT2D eigenvalue weighted by Gasteiger charge is 2.20. The Hall–Kier alpha value is -4.24. The summed E-state index contributed by atoms with van der Waals surface area (Å²) in [6, 6.07) is 14.6. The third-order valence-corrected chi connectivity index (χ3v) is 6.55. The van der Waals surface area contributed by atoms with Gasteiger partial charge in [0.25, 0.3) is 5.56 Å². The number of hydrogen-bond acceptors (Lipinski definition) is 6. The lowest BCUT2D eigenvalue weighted by Crippen LogP contribution is -2.41. The molecule has 5 rings (SSSR count). The van der Waals surface area contributed by atoms with Crippen LogP contribution in [0.3, 0.4) is 0 Å². The summed E-state index contributed by atoms with van der Waals surface area (Å²) < 4.78 is 15.0. The van der Waals surface area contributed by atoms with E-state index < -0.39 is 16.9 Å². The van der Waals surface area contributed by atoms with Crippen LogP contribution < -0.4 is 16.9 Å². The SMILES string of the molecule is COCCn1cnc2c1c(=O)n(Cc1cc(=O)oc3c(C)c(C)ccc13)c(=O)n2Cc1ccccc1. The zero-order valence-electron chi connectivity index (χ0n) is 20.4. The van der Waals surface area contributed by atoms with E-state index in [1.54, 1.807) is 18.0 Å². The van der Waals surface area contributed by atoms with Crippen molar-refractivity contribution in [2.75, 3.05) is 13.7 Å². The average Bonchev–Trinajstić information content (AvgIpc) is 3.30. The molecule has 0 spiro atoms. The molecule has 0 unspecified atom stereocenters. The van der Waals surface area contributed by atoms with Crippen molar-refractivity contribution in [2.45, 2.75) is 33.5 Å². The molecular formula is C27H26N4O5. The van der Waals surface area contributed by atoms with Gasteiger partial charge in [-0.05, 0) is 36.1 Å². The van der Waals surface area contributed by atoms with Gasteiger partial charge in [-0.2, -0.15) is 0 Å². The molecule has 0 N–H and O–H groups in total. The van der Waals surface area contributed by atoms with E-state index in [-0.39, 0.29) is 13.1 Å². The highest BCUT2D eigenvalue weighted by Crippen LogP contribution is 2.23. The van der Waals surface area contributed by atoms with Gasteiger partial charge >= 0.3 is 11.3 Å². The quantitative estimate of drug-likeness (QED) is 0.328. The van der Waals surface area contributed by atoms with Crippen molar-refractivity contribution in [2.24, 2.45) is 0 Å². The molecule has 0 radical (unpaired) electrons. The van der Waals surface area contributed by atoms with Crippen LogP contribution in [0.15, 0.2) is 73.7 Å². The fourth-order valence-electron chi connectivity index (χ4n) is 4.47. The smallest absolute Gasteiger partial charge is 0.336 e.